The second kappa shape index (κ2) is 8.02. The number of furan rings is 1. The number of urea groups is 1. The number of carbonyl (C=O) groups is 2. The Bertz CT molecular complexity index is 662. The summed E-state index contributed by atoms with van der Waals surface area (Å²) in [4.78, 5) is 23.4. The molecule has 0 unspecified atom stereocenters. The second-order valence-corrected chi connectivity index (χ2v) is 5.17. The van der Waals surface area contributed by atoms with E-state index in [9.17, 15) is 9.59 Å². The first-order chi connectivity index (χ1) is 11.1. The van der Waals surface area contributed by atoms with Crippen LogP contribution >= 0.6 is 0 Å². The molecule has 2 aromatic heterocycles. The number of hydrogen-bond donors (Lipinski definition) is 3. The monoisotopic (exact) mass is 319 g/mol. The van der Waals surface area contributed by atoms with Crippen molar-refractivity contribution in [2.45, 2.75) is 19.9 Å². The van der Waals surface area contributed by atoms with Crippen LogP contribution in [0.25, 0.3) is 0 Å². The van der Waals surface area contributed by atoms with Crippen molar-refractivity contribution in [3.63, 3.8) is 0 Å². The van der Waals surface area contributed by atoms with Crippen LogP contribution in [0.15, 0.2) is 29.1 Å². The number of hydrogen-bond acceptors (Lipinski definition) is 4. The lowest BCUT2D eigenvalue weighted by Crippen LogP contribution is -2.36. The fourth-order valence-electron chi connectivity index (χ4n) is 1.99. The molecule has 0 fully saturated rings. The van der Waals surface area contributed by atoms with Gasteiger partial charge in [0, 0.05) is 44.0 Å². The van der Waals surface area contributed by atoms with Gasteiger partial charge in [-0.2, -0.15) is 5.10 Å². The molecule has 8 nitrogen and oxygen atoms in total. The Kier molecular flexibility index (Phi) is 5.79. The van der Waals surface area contributed by atoms with E-state index in [1.165, 1.54) is 6.26 Å². The molecule has 8 heteroatoms. The average molecular weight is 319 g/mol. The van der Waals surface area contributed by atoms with Gasteiger partial charge in [-0.25, -0.2) is 4.79 Å². The van der Waals surface area contributed by atoms with Gasteiger partial charge in [0.15, 0.2) is 5.76 Å². The minimum absolute atomic E-state index is 0.242. The Hall–Kier alpha value is -2.77. The third-order valence-corrected chi connectivity index (χ3v) is 3.20. The number of rotatable bonds is 7. The molecule has 0 saturated carbocycles. The highest BCUT2D eigenvalue weighted by atomic mass is 16.3. The standard InChI is InChI=1S/C15H21N5O3/c1-11-4-7-23-13(11)14(21)16-5-3-6-17-15(22)18-8-12-9-19-20(2)10-12/h4,7,9-10H,3,5-6,8H2,1-2H3,(H,16,21)(H2,17,18,22). The summed E-state index contributed by atoms with van der Waals surface area (Å²) in [5, 5.41) is 12.2. The highest BCUT2D eigenvalue weighted by Crippen LogP contribution is 2.07. The van der Waals surface area contributed by atoms with Gasteiger partial charge in [-0.15, -0.1) is 0 Å². The molecule has 3 amide bonds. The van der Waals surface area contributed by atoms with E-state index in [-0.39, 0.29) is 11.9 Å². The van der Waals surface area contributed by atoms with Crippen molar-refractivity contribution in [1.82, 2.24) is 25.7 Å². The molecule has 2 rings (SSSR count). The number of aryl methyl sites for hydroxylation is 2. The molecule has 23 heavy (non-hydrogen) atoms. The van der Waals surface area contributed by atoms with Gasteiger partial charge in [-0.3, -0.25) is 9.48 Å². The van der Waals surface area contributed by atoms with E-state index in [0.717, 1.165) is 11.1 Å². The van der Waals surface area contributed by atoms with Crippen molar-refractivity contribution in [2.24, 2.45) is 7.05 Å². The molecular weight excluding hydrogens is 298 g/mol. The van der Waals surface area contributed by atoms with Crippen molar-refractivity contribution in [3.8, 4) is 0 Å². The fourth-order valence-corrected chi connectivity index (χ4v) is 1.99. The van der Waals surface area contributed by atoms with Crippen LogP contribution in [0.3, 0.4) is 0 Å². The number of aromatic nitrogens is 2. The third-order valence-electron chi connectivity index (χ3n) is 3.20. The van der Waals surface area contributed by atoms with Crippen LogP contribution in [0, 0.1) is 6.92 Å². The van der Waals surface area contributed by atoms with Gasteiger partial charge in [0.25, 0.3) is 5.91 Å². The van der Waals surface area contributed by atoms with E-state index in [2.05, 4.69) is 21.0 Å². The molecule has 0 spiro atoms. The quantitative estimate of drug-likeness (QED) is 0.661. The molecule has 2 aromatic rings. The Labute approximate surface area is 134 Å². The minimum Gasteiger partial charge on any atom is -0.459 e. The molecule has 0 aliphatic rings. The number of carbonyl (C=O) groups excluding carboxylic acids is 2. The molecule has 3 N–H and O–H groups in total. The molecule has 0 bridgehead atoms. The number of nitrogens with zero attached hydrogens (tertiary/aromatic N) is 2. The summed E-state index contributed by atoms with van der Waals surface area (Å²) in [5.74, 6) is 0.0840. The maximum Gasteiger partial charge on any atom is 0.315 e. The van der Waals surface area contributed by atoms with Crippen LogP contribution in [-0.2, 0) is 13.6 Å². The van der Waals surface area contributed by atoms with Crippen molar-refractivity contribution >= 4 is 11.9 Å². The normalized spacial score (nSPS) is 10.3. The van der Waals surface area contributed by atoms with E-state index in [1.807, 2.05) is 20.2 Å². The maximum absolute atomic E-state index is 11.8. The SMILES string of the molecule is Cc1ccoc1C(=O)NCCCNC(=O)NCc1cnn(C)c1. The highest BCUT2D eigenvalue weighted by molar-refractivity contribution is 5.92. The smallest absolute Gasteiger partial charge is 0.315 e. The Balaban J connectivity index is 1.55. The van der Waals surface area contributed by atoms with Crippen molar-refractivity contribution in [2.75, 3.05) is 13.1 Å². The lowest BCUT2D eigenvalue weighted by atomic mass is 10.2. The van der Waals surface area contributed by atoms with Crippen LogP contribution in [0.1, 0.15) is 28.1 Å². The van der Waals surface area contributed by atoms with Gasteiger partial charge in [0.05, 0.1) is 12.5 Å². The van der Waals surface area contributed by atoms with Crippen molar-refractivity contribution < 1.29 is 14.0 Å². The summed E-state index contributed by atoms with van der Waals surface area (Å²) in [6.45, 7) is 3.17. The Morgan fingerprint density at radius 3 is 2.70 bits per heavy atom. The lowest BCUT2D eigenvalue weighted by Gasteiger charge is -2.07. The Morgan fingerprint density at radius 2 is 2.04 bits per heavy atom. The van der Waals surface area contributed by atoms with Crippen LogP contribution in [0.2, 0.25) is 0 Å². The van der Waals surface area contributed by atoms with Crippen LogP contribution < -0.4 is 16.0 Å². The predicted molar refractivity (Wildman–Crippen MR) is 83.8 cm³/mol. The second-order valence-electron chi connectivity index (χ2n) is 5.17. The zero-order chi connectivity index (χ0) is 16.7. The van der Waals surface area contributed by atoms with Gasteiger partial charge >= 0.3 is 6.03 Å². The first-order valence-electron chi connectivity index (χ1n) is 7.38. The summed E-state index contributed by atoms with van der Waals surface area (Å²) in [6, 6.07) is 1.49. The summed E-state index contributed by atoms with van der Waals surface area (Å²) < 4.78 is 6.78. The lowest BCUT2D eigenvalue weighted by molar-refractivity contribution is 0.0925. The average Bonchev–Trinajstić information content (AvgIpc) is 3.13. The van der Waals surface area contributed by atoms with Gasteiger partial charge < -0.3 is 20.4 Å². The minimum atomic E-state index is -0.248. The van der Waals surface area contributed by atoms with Gasteiger partial charge in [-0.1, -0.05) is 0 Å². The molecule has 0 atom stereocenters. The molecule has 0 aliphatic carbocycles. The molecule has 0 aromatic carbocycles. The molecule has 124 valence electrons. The van der Waals surface area contributed by atoms with E-state index in [0.29, 0.717) is 31.8 Å². The largest absolute Gasteiger partial charge is 0.459 e. The molecule has 0 radical (unpaired) electrons. The van der Waals surface area contributed by atoms with Gasteiger partial charge in [0.2, 0.25) is 0 Å². The van der Waals surface area contributed by atoms with E-state index < -0.39 is 0 Å². The number of nitrogens with one attached hydrogen (secondary N) is 3. The van der Waals surface area contributed by atoms with E-state index in [1.54, 1.807) is 16.9 Å². The number of amides is 3. The zero-order valence-electron chi connectivity index (χ0n) is 13.3. The topological polar surface area (TPSA) is 101 Å². The van der Waals surface area contributed by atoms with E-state index in [4.69, 9.17) is 4.42 Å². The highest BCUT2D eigenvalue weighted by Gasteiger charge is 2.11. The summed E-state index contributed by atoms with van der Waals surface area (Å²) >= 11 is 0. The molecule has 0 aliphatic heterocycles. The van der Waals surface area contributed by atoms with Gasteiger partial charge in [0.1, 0.15) is 0 Å². The van der Waals surface area contributed by atoms with Crippen molar-refractivity contribution in [1.29, 1.82) is 0 Å². The van der Waals surface area contributed by atoms with Crippen LogP contribution in [0.5, 0.6) is 0 Å². The first-order valence-corrected chi connectivity index (χ1v) is 7.38. The van der Waals surface area contributed by atoms with Crippen molar-refractivity contribution in [3.05, 3.63) is 41.6 Å². The van der Waals surface area contributed by atoms with E-state index >= 15 is 0 Å². The third kappa shape index (κ3) is 5.17. The zero-order valence-corrected chi connectivity index (χ0v) is 13.3. The maximum atomic E-state index is 11.8. The van der Waals surface area contributed by atoms with Crippen LogP contribution in [0.4, 0.5) is 4.79 Å². The summed E-state index contributed by atoms with van der Waals surface area (Å²) in [7, 11) is 1.82. The fraction of sp³-hybridized carbons (Fsp3) is 0.400. The predicted octanol–water partition coefficient (Wildman–Crippen LogP) is 0.941. The summed E-state index contributed by atoms with van der Waals surface area (Å²) in [6.07, 6.45) is 5.66. The van der Waals surface area contributed by atoms with Crippen LogP contribution in [-0.4, -0.2) is 34.8 Å². The summed E-state index contributed by atoms with van der Waals surface area (Å²) in [5.41, 5.74) is 1.74. The molecule has 0 saturated heterocycles. The van der Waals surface area contributed by atoms with Gasteiger partial charge in [-0.05, 0) is 19.4 Å². The molecular formula is C15H21N5O3. The molecule has 2 heterocycles. The Morgan fingerprint density at radius 1 is 1.26 bits per heavy atom. The first kappa shape index (κ1) is 16.6.